The summed E-state index contributed by atoms with van der Waals surface area (Å²) in [5, 5.41) is 6.66. The molecule has 22 heavy (non-hydrogen) atoms. The smallest absolute Gasteiger partial charge is 0.191 e. The molecule has 0 aliphatic rings. The van der Waals surface area contributed by atoms with E-state index in [1.54, 1.807) is 13.3 Å². The van der Waals surface area contributed by atoms with E-state index in [9.17, 15) is 0 Å². The molecule has 0 fully saturated rings. The Balaban J connectivity index is 1.79. The van der Waals surface area contributed by atoms with Crippen LogP contribution in [0.2, 0.25) is 0 Å². The Bertz CT molecular complexity index is 545. The zero-order valence-corrected chi connectivity index (χ0v) is 13.5. The molecule has 2 aromatic rings. The predicted octanol–water partition coefficient (Wildman–Crippen LogP) is 1.55. The van der Waals surface area contributed by atoms with E-state index >= 15 is 0 Å². The van der Waals surface area contributed by atoms with Gasteiger partial charge in [-0.05, 0) is 38.4 Å². The lowest BCUT2D eigenvalue weighted by Crippen LogP contribution is -2.42. The minimum Gasteiger partial charge on any atom is -0.468 e. The van der Waals surface area contributed by atoms with E-state index in [1.807, 2.05) is 38.4 Å². The highest BCUT2D eigenvalue weighted by Crippen LogP contribution is 2.17. The minimum absolute atomic E-state index is 0.165. The number of furan rings is 1. The maximum absolute atomic E-state index is 5.51. The fourth-order valence-electron chi connectivity index (χ4n) is 2.26. The van der Waals surface area contributed by atoms with Crippen LogP contribution in [0.4, 0.5) is 0 Å². The zero-order chi connectivity index (χ0) is 15.8. The number of hydrogen-bond donors (Lipinski definition) is 2. The van der Waals surface area contributed by atoms with Gasteiger partial charge in [0, 0.05) is 39.1 Å². The van der Waals surface area contributed by atoms with Crippen LogP contribution >= 0.6 is 0 Å². The third kappa shape index (κ3) is 4.66. The third-order valence-corrected chi connectivity index (χ3v) is 3.51. The molecular formula is C16H25N5O. The molecule has 1 unspecified atom stereocenters. The van der Waals surface area contributed by atoms with Gasteiger partial charge in [0.15, 0.2) is 5.96 Å². The van der Waals surface area contributed by atoms with Gasteiger partial charge in [-0.1, -0.05) is 0 Å². The molecule has 0 bridgehead atoms. The SMILES string of the molecule is CN=C(NCCn1cccc1)NCC(c1ccco1)N(C)C. The lowest BCUT2D eigenvalue weighted by molar-refractivity contribution is 0.258. The maximum Gasteiger partial charge on any atom is 0.191 e. The fourth-order valence-corrected chi connectivity index (χ4v) is 2.26. The lowest BCUT2D eigenvalue weighted by atomic mass is 10.2. The van der Waals surface area contributed by atoms with Gasteiger partial charge in [0.25, 0.3) is 0 Å². The van der Waals surface area contributed by atoms with E-state index in [2.05, 4.69) is 37.5 Å². The summed E-state index contributed by atoms with van der Waals surface area (Å²) in [6, 6.07) is 8.12. The third-order valence-electron chi connectivity index (χ3n) is 3.51. The van der Waals surface area contributed by atoms with Crippen LogP contribution in [0.1, 0.15) is 11.8 Å². The van der Waals surface area contributed by atoms with Gasteiger partial charge in [-0.15, -0.1) is 0 Å². The highest BCUT2D eigenvalue weighted by atomic mass is 16.3. The number of nitrogens with one attached hydrogen (secondary N) is 2. The van der Waals surface area contributed by atoms with Crippen molar-refractivity contribution in [2.24, 2.45) is 4.99 Å². The van der Waals surface area contributed by atoms with Crippen LogP contribution in [0.15, 0.2) is 52.3 Å². The van der Waals surface area contributed by atoms with Gasteiger partial charge < -0.3 is 19.6 Å². The molecule has 0 amide bonds. The predicted molar refractivity (Wildman–Crippen MR) is 88.9 cm³/mol. The van der Waals surface area contributed by atoms with E-state index in [4.69, 9.17) is 4.42 Å². The van der Waals surface area contributed by atoms with Crippen molar-refractivity contribution < 1.29 is 4.42 Å². The van der Waals surface area contributed by atoms with Crippen molar-refractivity contribution in [3.05, 3.63) is 48.7 Å². The lowest BCUT2D eigenvalue weighted by Gasteiger charge is -2.23. The number of likely N-dealkylation sites (N-methyl/N-ethyl adjacent to an activating group) is 1. The molecule has 6 heteroatoms. The number of aromatic nitrogens is 1. The summed E-state index contributed by atoms with van der Waals surface area (Å²) >= 11 is 0. The van der Waals surface area contributed by atoms with E-state index in [0.717, 1.165) is 31.4 Å². The molecule has 0 radical (unpaired) electrons. The number of rotatable bonds is 7. The first-order valence-electron chi connectivity index (χ1n) is 7.46. The summed E-state index contributed by atoms with van der Waals surface area (Å²) in [7, 11) is 5.86. The fraction of sp³-hybridized carbons (Fsp3) is 0.438. The molecule has 120 valence electrons. The van der Waals surface area contributed by atoms with Crippen LogP contribution < -0.4 is 10.6 Å². The molecule has 2 rings (SSSR count). The largest absolute Gasteiger partial charge is 0.468 e. The first-order chi connectivity index (χ1) is 10.7. The average molecular weight is 303 g/mol. The Labute approximate surface area is 131 Å². The first kappa shape index (κ1) is 16.2. The molecule has 6 nitrogen and oxygen atoms in total. The van der Waals surface area contributed by atoms with Gasteiger partial charge in [0.1, 0.15) is 5.76 Å². The highest BCUT2D eigenvalue weighted by molar-refractivity contribution is 5.79. The minimum atomic E-state index is 0.165. The molecule has 2 N–H and O–H groups in total. The molecule has 2 aromatic heterocycles. The summed E-state index contributed by atoms with van der Waals surface area (Å²) in [4.78, 5) is 6.38. The van der Waals surface area contributed by atoms with Crippen LogP contribution in [0, 0.1) is 0 Å². The van der Waals surface area contributed by atoms with Crippen molar-refractivity contribution in [1.82, 2.24) is 20.1 Å². The standard InChI is InChI=1S/C16H25N5O/c1-17-16(18-8-11-21-9-4-5-10-21)19-13-14(20(2)3)15-7-6-12-22-15/h4-7,9-10,12,14H,8,11,13H2,1-3H3,(H2,17,18,19). The summed E-state index contributed by atoms with van der Waals surface area (Å²) in [6.45, 7) is 2.45. The van der Waals surface area contributed by atoms with Crippen molar-refractivity contribution in [2.75, 3.05) is 34.2 Å². The number of aliphatic imine (C=N–C) groups is 1. The van der Waals surface area contributed by atoms with E-state index < -0.39 is 0 Å². The van der Waals surface area contributed by atoms with Crippen molar-refractivity contribution in [2.45, 2.75) is 12.6 Å². The highest BCUT2D eigenvalue weighted by Gasteiger charge is 2.17. The summed E-state index contributed by atoms with van der Waals surface area (Å²) < 4.78 is 7.64. The quantitative estimate of drug-likeness (QED) is 0.602. The topological polar surface area (TPSA) is 57.7 Å². The van der Waals surface area contributed by atoms with Crippen LogP contribution in [-0.2, 0) is 6.54 Å². The molecule has 2 heterocycles. The maximum atomic E-state index is 5.51. The average Bonchev–Trinajstić information content (AvgIpc) is 3.18. The van der Waals surface area contributed by atoms with Crippen molar-refractivity contribution in [3.63, 3.8) is 0 Å². The first-order valence-corrected chi connectivity index (χ1v) is 7.46. The van der Waals surface area contributed by atoms with Gasteiger partial charge in [0.05, 0.1) is 12.3 Å². The van der Waals surface area contributed by atoms with E-state index in [1.165, 1.54) is 0 Å². The monoisotopic (exact) mass is 303 g/mol. The molecule has 0 aromatic carbocycles. The second-order valence-corrected chi connectivity index (χ2v) is 5.30. The van der Waals surface area contributed by atoms with Gasteiger partial charge >= 0.3 is 0 Å². The van der Waals surface area contributed by atoms with Gasteiger partial charge in [-0.3, -0.25) is 9.89 Å². The molecule has 1 atom stereocenters. The van der Waals surface area contributed by atoms with E-state index in [-0.39, 0.29) is 6.04 Å². The summed E-state index contributed by atoms with van der Waals surface area (Å²) in [6.07, 6.45) is 5.81. The molecule has 0 saturated heterocycles. The van der Waals surface area contributed by atoms with Crippen molar-refractivity contribution in [3.8, 4) is 0 Å². The number of hydrogen-bond acceptors (Lipinski definition) is 3. The molecule has 0 saturated carbocycles. The normalized spacial score (nSPS) is 13.4. The second kappa shape index (κ2) is 8.29. The van der Waals surface area contributed by atoms with Crippen LogP contribution in [0.5, 0.6) is 0 Å². The van der Waals surface area contributed by atoms with Crippen molar-refractivity contribution >= 4 is 5.96 Å². The summed E-state index contributed by atoms with van der Waals surface area (Å²) in [5.41, 5.74) is 0. The molecule has 0 spiro atoms. The Morgan fingerprint density at radius 1 is 1.27 bits per heavy atom. The van der Waals surface area contributed by atoms with Crippen LogP contribution in [0.25, 0.3) is 0 Å². The molecular weight excluding hydrogens is 278 g/mol. The van der Waals surface area contributed by atoms with Crippen LogP contribution in [-0.4, -0.2) is 49.7 Å². The second-order valence-electron chi connectivity index (χ2n) is 5.30. The Hall–Kier alpha value is -2.21. The molecule has 0 aliphatic heterocycles. The Morgan fingerprint density at radius 3 is 2.64 bits per heavy atom. The zero-order valence-electron chi connectivity index (χ0n) is 13.5. The van der Waals surface area contributed by atoms with Crippen molar-refractivity contribution in [1.29, 1.82) is 0 Å². The summed E-state index contributed by atoms with van der Waals surface area (Å²) in [5.74, 6) is 1.74. The molecule has 0 aliphatic carbocycles. The van der Waals surface area contributed by atoms with Gasteiger partial charge in [-0.25, -0.2) is 0 Å². The van der Waals surface area contributed by atoms with Crippen LogP contribution in [0.3, 0.4) is 0 Å². The van der Waals surface area contributed by atoms with E-state index in [0.29, 0.717) is 0 Å². The van der Waals surface area contributed by atoms with Gasteiger partial charge in [0.2, 0.25) is 0 Å². The number of guanidine groups is 1. The van der Waals surface area contributed by atoms with Gasteiger partial charge in [-0.2, -0.15) is 0 Å². The Morgan fingerprint density at radius 2 is 2.05 bits per heavy atom. The Kier molecular flexibility index (Phi) is 6.09. The number of nitrogens with zero attached hydrogens (tertiary/aromatic N) is 3.